The number of nitrogens with zero attached hydrogens (tertiary/aromatic N) is 2. The van der Waals surface area contributed by atoms with Crippen LogP contribution in [0.1, 0.15) is 20.8 Å². The predicted molar refractivity (Wildman–Crippen MR) is 60.1 cm³/mol. The molecule has 0 bridgehead atoms. The van der Waals surface area contributed by atoms with Crippen LogP contribution in [-0.4, -0.2) is 59.0 Å². The fraction of sp³-hybridized carbons (Fsp3) is 0.818. The van der Waals surface area contributed by atoms with Crippen LogP contribution >= 0.6 is 0 Å². The minimum Gasteiger partial charge on any atom is -0.481 e. The number of carbonyl (C=O) groups excluding carboxylic acids is 1. The Morgan fingerprint density at radius 1 is 1.50 bits per heavy atom. The van der Waals surface area contributed by atoms with Crippen molar-refractivity contribution in [2.45, 2.75) is 26.3 Å². The molecule has 1 amide bonds. The molecule has 1 atom stereocenters. The van der Waals surface area contributed by atoms with Crippen molar-refractivity contribution in [2.24, 2.45) is 5.92 Å². The van der Waals surface area contributed by atoms with E-state index in [1.807, 2.05) is 18.7 Å². The largest absolute Gasteiger partial charge is 0.481 e. The Morgan fingerprint density at radius 3 is 2.56 bits per heavy atom. The van der Waals surface area contributed by atoms with Gasteiger partial charge in [-0.05, 0) is 13.8 Å². The molecule has 0 radical (unpaired) electrons. The molecule has 16 heavy (non-hydrogen) atoms. The lowest BCUT2D eigenvalue weighted by molar-refractivity contribution is -0.151. The molecule has 0 aromatic rings. The SMILES string of the molecule is CC(CN1CCN(C)C(=O)C1(C)C)C(=O)O. The number of aliphatic carboxylic acids is 1. The van der Waals surface area contributed by atoms with E-state index in [-0.39, 0.29) is 5.91 Å². The van der Waals surface area contributed by atoms with Crippen molar-refractivity contribution in [1.29, 1.82) is 0 Å². The van der Waals surface area contributed by atoms with Gasteiger partial charge < -0.3 is 10.0 Å². The van der Waals surface area contributed by atoms with Crippen LogP contribution in [0.15, 0.2) is 0 Å². The number of amides is 1. The van der Waals surface area contributed by atoms with E-state index in [1.54, 1.807) is 18.9 Å². The fourth-order valence-electron chi connectivity index (χ4n) is 1.98. The Bertz CT molecular complexity index is 302. The predicted octanol–water partition coefficient (Wildman–Crippen LogP) is 0.260. The highest BCUT2D eigenvalue weighted by Crippen LogP contribution is 2.22. The van der Waals surface area contributed by atoms with Crippen molar-refractivity contribution < 1.29 is 14.7 Å². The first-order chi connectivity index (χ1) is 7.26. The molecule has 0 saturated carbocycles. The molecular formula is C11H20N2O3. The molecule has 0 aliphatic carbocycles. The second-order valence-electron chi connectivity index (χ2n) is 4.97. The molecule has 1 rings (SSSR count). The van der Waals surface area contributed by atoms with Gasteiger partial charge in [0.25, 0.3) is 0 Å². The number of carboxylic acid groups (broad SMARTS) is 1. The van der Waals surface area contributed by atoms with Crippen molar-refractivity contribution in [2.75, 3.05) is 26.7 Å². The Balaban J connectivity index is 2.74. The maximum absolute atomic E-state index is 11.9. The number of piperazine rings is 1. The first-order valence-electron chi connectivity index (χ1n) is 5.50. The third-order valence-corrected chi connectivity index (χ3v) is 3.28. The number of carboxylic acids is 1. The minimum atomic E-state index is -0.817. The van der Waals surface area contributed by atoms with E-state index < -0.39 is 17.4 Å². The van der Waals surface area contributed by atoms with Gasteiger partial charge in [0.2, 0.25) is 5.91 Å². The number of likely N-dealkylation sites (N-methyl/N-ethyl adjacent to an activating group) is 1. The summed E-state index contributed by atoms with van der Waals surface area (Å²) in [4.78, 5) is 26.4. The van der Waals surface area contributed by atoms with Crippen LogP contribution in [0.4, 0.5) is 0 Å². The zero-order chi connectivity index (χ0) is 12.5. The van der Waals surface area contributed by atoms with E-state index in [4.69, 9.17) is 5.11 Å². The van der Waals surface area contributed by atoms with Crippen molar-refractivity contribution in [3.05, 3.63) is 0 Å². The summed E-state index contributed by atoms with van der Waals surface area (Å²) < 4.78 is 0. The van der Waals surface area contributed by atoms with E-state index in [0.717, 1.165) is 6.54 Å². The van der Waals surface area contributed by atoms with E-state index in [1.165, 1.54) is 0 Å². The van der Waals surface area contributed by atoms with Crippen molar-refractivity contribution in [3.8, 4) is 0 Å². The molecule has 0 aromatic carbocycles. The minimum absolute atomic E-state index is 0.0522. The lowest BCUT2D eigenvalue weighted by atomic mass is 9.96. The highest BCUT2D eigenvalue weighted by Gasteiger charge is 2.41. The highest BCUT2D eigenvalue weighted by atomic mass is 16.4. The summed E-state index contributed by atoms with van der Waals surface area (Å²) in [5.41, 5.74) is -0.600. The van der Waals surface area contributed by atoms with Gasteiger partial charge in [-0.2, -0.15) is 0 Å². The molecule has 0 spiro atoms. The molecule has 1 fully saturated rings. The van der Waals surface area contributed by atoms with Gasteiger partial charge in [-0.15, -0.1) is 0 Å². The van der Waals surface area contributed by atoms with Gasteiger partial charge in [-0.25, -0.2) is 0 Å². The van der Waals surface area contributed by atoms with Crippen molar-refractivity contribution >= 4 is 11.9 Å². The molecule has 5 nitrogen and oxygen atoms in total. The normalized spacial score (nSPS) is 23.2. The van der Waals surface area contributed by atoms with Crippen LogP contribution in [0.5, 0.6) is 0 Å². The van der Waals surface area contributed by atoms with Crippen molar-refractivity contribution in [1.82, 2.24) is 9.80 Å². The number of hydrogen-bond donors (Lipinski definition) is 1. The molecule has 1 unspecified atom stereocenters. The number of carbonyl (C=O) groups is 2. The fourth-order valence-corrected chi connectivity index (χ4v) is 1.98. The van der Waals surface area contributed by atoms with Crippen LogP contribution in [0.2, 0.25) is 0 Å². The summed E-state index contributed by atoms with van der Waals surface area (Å²) in [5.74, 6) is -1.21. The van der Waals surface area contributed by atoms with Gasteiger partial charge in [0.15, 0.2) is 0 Å². The van der Waals surface area contributed by atoms with Gasteiger partial charge in [-0.3, -0.25) is 14.5 Å². The van der Waals surface area contributed by atoms with Gasteiger partial charge in [0.1, 0.15) is 0 Å². The molecule has 1 aliphatic heterocycles. The summed E-state index contributed by atoms with van der Waals surface area (Å²) in [6.45, 7) is 7.17. The van der Waals surface area contributed by atoms with Crippen LogP contribution in [0.3, 0.4) is 0 Å². The summed E-state index contributed by atoms with van der Waals surface area (Å²) in [5, 5.41) is 8.88. The average molecular weight is 228 g/mol. The Labute approximate surface area is 96.0 Å². The van der Waals surface area contributed by atoms with Gasteiger partial charge in [-0.1, -0.05) is 6.92 Å². The van der Waals surface area contributed by atoms with Crippen LogP contribution < -0.4 is 0 Å². The average Bonchev–Trinajstić information content (AvgIpc) is 2.19. The van der Waals surface area contributed by atoms with Gasteiger partial charge >= 0.3 is 5.97 Å². The molecule has 5 heteroatoms. The second kappa shape index (κ2) is 4.41. The maximum Gasteiger partial charge on any atom is 0.307 e. The van der Waals surface area contributed by atoms with Gasteiger partial charge in [0, 0.05) is 26.7 Å². The Kier molecular flexibility index (Phi) is 3.57. The van der Waals surface area contributed by atoms with Crippen LogP contribution in [0, 0.1) is 5.92 Å². The summed E-state index contributed by atoms with van der Waals surface area (Å²) >= 11 is 0. The highest BCUT2D eigenvalue weighted by molar-refractivity contribution is 5.86. The molecule has 1 N–H and O–H groups in total. The van der Waals surface area contributed by atoms with Crippen LogP contribution in [0.25, 0.3) is 0 Å². The third-order valence-electron chi connectivity index (χ3n) is 3.28. The standard InChI is InChI=1S/C11H20N2O3/c1-8(9(14)15)7-13-6-5-12(4)10(16)11(13,2)3/h8H,5-7H2,1-4H3,(H,14,15). The quantitative estimate of drug-likeness (QED) is 0.752. The lowest BCUT2D eigenvalue weighted by Crippen LogP contribution is -2.62. The Hall–Kier alpha value is -1.10. The number of hydrogen-bond acceptors (Lipinski definition) is 3. The summed E-state index contributed by atoms with van der Waals surface area (Å²) in [7, 11) is 1.78. The maximum atomic E-state index is 11.9. The van der Waals surface area contributed by atoms with E-state index >= 15 is 0 Å². The van der Waals surface area contributed by atoms with E-state index in [9.17, 15) is 9.59 Å². The summed E-state index contributed by atoms with van der Waals surface area (Å²) in [6.07, 6.45) is 0. The third kappa shape index (κ3) is 2.35. The molecular weight excluding hydrogens is 208 g/mol. The van der Waals surface area contributed by atoms with Crippen LogP contribution in [-0.2, 0) is 9.59 Å². The first kappa shape index (κ1) is 13.0. The molecule has 1 aliphatic rings. The smallest absolute Gasteiger partial charge is 0.307 e. The monoisotopic (exact) mass is 228 g/mol. The topological polar surface area (TPSA) is 60.9 Å². The van der Waals surface area contributed by atoms with E-state index in [0.29, 0.717) is 13.1 Å². The lowest BCUT2D eigenvalue weighted by Gasteiger charge is -2.45. The van der Waals surface area contributed by atoms with E-state index in [2.05, 4.69) is 0 Å². The second-order valence-corrected chi connectivity index (χ2v) is 4.97. The van der Waals surface area contributed by atoms with Crippen molar-refractivity contribution in [3.63, 3.8) is 0 Å². The zero-order valence-corrected chi connectivity index (χ0v) is 10.4. The molecule has 1 heterocycles. The first-order valence-corrected chi connectivity index (χ1v) is 5.50. The van der Waals surface area contributed by atoms with Gasteiger partial charge in [0.05, 0.1) is 11.5 Å². The Morgan fingerprint density at radius 2 is 2.06 bits per heavy atom. The number of rotatable bonds is 3. The molecule has 0 aromatic heterocycles. The zero-order valence-electron chi connectivity index (χ0n) is 10.4. The molecule has 1 saturated heterocycles. The summed E-state index contributed by atoms with van der Waals surface area (Å²) in [6, 6.07) is 0. The molecule has 92 valence electrons.